The number of amides is 2. The van der Waals surface area contributed by atoms with E-state index in [1.165, 1.54) is 19.0 Å². The summed E-state index contributed by atoms with van der Waals surface area (Å²) in [5, 5.41) is 48.0. The summed E-state index contributed by atoms with van der Waals surface area (Å²) in [6.45, 7) is 0.467. The fourth-order valence-corrected chi connectivity index (χ4v) is 6.79. The van der Waals surface area contributed by atoms with Crippen LogP contribution in [-0.4, -0.2) is 121 Å². The lowest BCUT2D eigenvalue weighted by Crippen LogP contribution is -2.65. The number of aromatic hydroxyl groups is 1. The predicted molar refractivity (Wildman–Crippen MR) is 157 cm³/mol. The maximum absolute atomic E-state index is 14.1. The maximum atomic E-state index is 14.1. The Kier molecular flexibility index (Phi) is 8.46. The molecule has 14 nitrogen and oxygen atoms in total. The van der Waals surface area contributed by atoms with Crippen molar-refractivity contribution in [3.05, 3.63) is 33.1 Å². The van der Waals surface area contributed by atoms with Crippen molar-refractivity contribution in [2.45, 2.75) is 24.5 Å². The van der Waals surface area contributed by atoms with Crippen molar-refractivity contribution in [2.24, 2.45) is 17.6 Å². The molecule has 1 fully saturated rings. The molecule has 3 aliphatic carbocycles. The predicted octanol–water partition coefficient (Wildman–Crippen LogP) is 0.794. The number of aliphatic hydroxyl groups excluding tert-OH is 2. The van der Waals surface area contributed by atoms with Gasteiger partial charge in [-0.05, 0) is 52.5 Å². The normalized spacial score (nSPS) is 25.0. The van der Waals surface area contributed by atoms with E-state index in [4.69, 9.17) is 22.1 Å². The van der Waals surface area contributed by atoms with Gasteiger partial charge in [-0.1, -0.05) is 11.6 Å². The number of phenols is 1. The number of fused-ring (bicyclic) bond motifs is 3. The molecular formula is C28H36ClN5O9. The van der Waals surface area contributed by atoms with Crippen molar-refractivity contribution in [2.75, 3.05) is 65.7 Å². The highest BCUT2D eigenvalue weighted by Gasteiger charge is 2.64. The Hall–Kier alpha value is -3.85. The smallest absolute Gasteiger partial charge is 0.411 e. The number of anilines is 2. The molecular weight excluding hydrogens is 586 g/mol. The largest absolute Gasteiger partial charge is 0.508 e. The van der Waals surface area contributed by atoms with Gasteiger partial charge >= 0.3 is 6.09 Å². The summed E-state index contributed by atoms with van der Waals surface area (Å²) in [6.07, 6.45) is -0.968. The van der Waals surface area contributed by atoms with E-state index in [2.05, 4.69) is 5.32 Å². The van der Waals surface area contributed by atoms with E-state index in [-0.39, 0.29) is 41.3 Å². The molecule has 2 amide bonds. The minimum Gasteiger partial charge on any atom is -0.508 e. The van der Waals surface area contributed by atoms with E-state index < -0.39 is 69.9 Å². The van der Waals surface area contributed by atoms with Crippen molar-refractivity contribution < 1.29 is 44.3 Å². The molecule has 4 rings (SSSR count). The van der Waals surface area contributed by atoms with E-state index >= 15 is 0 Å². The van der Waals surface area contributed by atoms with Crippen LogP contribution in [0.5, 0.6) is 5.75 Å². The van der Waals surface area contributed by atoms with Gasteiger partial charge in [-0.25, -0.2) is 4.79 Å². The van der Waals surface area contributed by atoms with Crippen LogP contribution in [0, 0.1) is 11.8 Å². The Morgan fingerprint density at radius 1 is 1.12 bits per heavy atom. The molecule has 7 N–H and O–H groups in total. The number of hydrogen-bond acceptors (Lipinski definition) is 12. The number of aliphatic hydroxyl groups is 3. The molecule has 0 bridgehead atoms. The Morgan fingerprint density at radius 3 is 2.28 bits per heavy atom. The number of halogens is 1. The number of Topliss-reactive ketones (excluding diaryl/α,β-unsaturated/α-hetero) is 2. The number of primary amides is 1. The Balaban J connectivity index is 1.91. The van der Waals surface area contributed by atoms with Crippen molar-refractivity contribution in [3.63, 3.8) is 0 Å². The number of carbonyl (C=O) groups excluding carboxylic acids is 4. The van der Waals surface area contributed by atoms with Gasteiger partial charge in [-0.2, -0.15) is 0 Å². The number of benzene rings is 1. The number of nitrogens with two attached hydrogens (primary N) is 1. The molecule has 1 aromatic rings. The van der Waals surface area contributed by atoms with Crippen LogP contribution in [-0.2, 0) is 25.5 Å². The summed E-state index contributed by atoms with van der Waals surface area (Å²) < 4.78 is 5.15. The third kappa shape index (κ3) is 4.97. The highest BCUT2D eigenvalue weighted by atomic mass is 35.5. The first-order valence-electron chi connectivity index (χ1n) is 13.4. The standard InChI is InChI=1S/C28H36ClN5O9/c1-32(2)7-8-43-27(41)31-18-17(29)19(33(3)4)12-9-11-10-13-20(34(5)6)23(37)16(26(30)40)25(39)28(13,42)24(38)14(11)21(35)15(12)22(18)36/h11,13,20,35-36,39,42H,7-10H2,1-6H3,(H2,30,40)(H,31,41). The molecule has 4 atom stereocenters. The van der Waals surface area contributed by atoms with Gasteiger partial charge in [-0.3, -0.25) is 24.6 Å². The number of phenolic OH excluding ortho intramolecular Hbond substituents is 1. The zero-order chi connectivity index (χ0) is 32.3. The fraction of sp³-hybridized carbons (Fsp3) is 0.500. The molecule has 234 valence electrons. The number of hydrogen-bond donors (Lipinski definition) is 6. The average molecular weight is 622 g/mol. The van der Waals surface area contributed by atoms with Gasteiger partial charge < -0.3 is 40.7 Å². The number of likely N-dealkylation sites (N-methyl/N-ethyl adjacent to an activating group) is 2. The van der Waals surface area contributed by atoms with Gasteiger partial charge in [0.25, 0.3) is 5.91 Å². The highest BCUT2D eigenvalue weighted by Crippen LogP contribution is 2.56. The number of carbonyl (C=O) groups is 4. The summed E-state index contributed by atoms with van der Waals surface area (Å²) in [5.74, 6) is -7.84. The molecule has 1 aromatic carbocycles. The zero-order valence-corrected chi connectivity index (χ0v) is 25.4. The fourth-order valence-electron chi connectivity index (χ4n) is 6.37. The van der Waals surface area contributed by atoms with E-state index in [0.29, 0.717) is 17.8 Å². The van der Waals surface area contributed by atoms with Crippen LogP contribution in [0.1, 0.15) is 17.5 Å². The summed E-state index contributed by atoms with van der Waals surface area (Å²) in [7, 11) is 9.96. The van der Waals surface area contributed by atoms with Crippen molar-refractivity contribution in [1.82, 2.24) is 9.80 Å². The number of ether oxygens (including phenoxy) is 1. The van der Waals surface area contributed by atoms with E-state index in [0.717, 1.165) is 0 Å². The van der Waals surface area contributed by atoms with Crippen molar-refractivity contribution in [1.29, 1.82) is 0 Å². The van der Waals surface area contributed by atoms with Crippen LogP contribution >= 0.6 is 11.6 Å². The van der Waals surface area contributed by atoms with Gasteiger partial charge in [0.05, 0.1) is 22.3 Å². The van der Waals surface area contributed by atoms with Crippen LogP contribution in [0.2, 0.25) is 5.02 Å². The third-order valence-electron chi connectivity index (χ3n) is 8.25. The Bertz CT molecular complexity index is 1490. The number of nitrogens with one attached hydrogen (secondary N) is 1. The third-order valence-corrected chi connectivity index (χ3v) is 8.62. The molecule has 0 aliphatic heterocycles. The number of ketones is 2. The molecule has 0 heterocycles. The van der Waals surface area contributed by atoms with Crippen molar-refractivity contribution in [3.8, 4) is 5.75 Å². The summed E-state index contributed by atoms with van der Waals surface area (Å²) in [5.41, 5.74) is 1.56. The van der Waals surface area contributed by atoms with E-state index in [1.807, 2.05) is 0 Å². The van der Waals surface area contributed by atoms with Crippen LogP contribution in [0.4, 0.5) is 16.2 Å². The van der Waals surface area contributed by atoms with Crippen molar-refractivity contribution >= 4 is 52.3 Å². The van der Waals surface area contributed by atoms with Gasteiger partial charge in [0.1, 0.15) is 29.4 Å². The molecule has 4 unspecified atom stereocenters. The molecule has 15 heteroatoms. The van der Waals surface area contributed by atoms with Gasteiger partial charge in [0.2, 0.25) is 5.78 Å². The lowest BCUT2D eigenvalue weighted by molar-refractivity contribution is -0.153. The zero-order valence-electron chi connectivity index (χ0n) is 24.7. The first-order chi connectivity index (χ1) is 20.0. The monoisotopic (exact) mass is 621 g/mol. The minimum absolute atomic E-state index is 0.0306. The van der Waals surface area contributed by atoms with Crippen LogP contribution in [0.15, 0.2) is 16.9 Å². The second-order valence-electron chi connectivity index (χ2n) is 11.7. The average Bonchev–Trinajstić information content (AvgIpc) is 2.87. The molecule has 0 spiro atoms. The van der Waals surface area contributed by atoms with Gasteiger partial charge in [0, 0.05) is 32.1 Å². The first kappa shape index (κ1) is 32.1. The summed E-state index contributed by atoms with van der Waals surface area (Å²) >= 11 is 6.69. The van der Waals surface area contributed by atoms with E-state index in [9.17, 15) is 39.6 Å². The summed E-state index contributed by atoms with van der Waals surface area (Å²) in [6, 6.07) is -1.20. The molecule has 0 radical (unpaired) electrons. The molecule has 0 saturated heterocycles. The second-order valence-corrected chi connectivity index (χ2v) is 12.0. The summed E-state index contributed by atoms with van der Waals surface area (Å²) in [4.78, 5) is 56.9. The second kappa shape index (κ2) is 11.3. The number of rotatable bonds is 7. The SMILES string of the molecule is CN(C)CCOC(=O)Nc1c(O)c2c(c(N(C)C)c1Cl)CC1CC3C(N(C)C)C(=O)C(C(N)=O)=C(O)C3(O)C(=O)C1=C2O. The van der Waals surface area contributed by atoms with Crippen LogP contribution in [0.3, 0.4) is 0 Å². The van der Waals surface area contributed by atoms with Crippen LogP contribution in [0.25, 0.3) is 5.76 Å². The van der Waals surface area contributed by atoms with Gasteiger partial charge in [0.15, 0.2) is 17.1 Å². The topological polar surface area (TPSA) is 206 Å². The highest BCUT2D eigenvalue weighted by molar-refractivity contribution is 6.37. The molecule has 43 heavy (non-hydrogen) atoms. The molecule has 1 saturated carbocycles. The Morgan fingerprint density at radius 2 is 1.74 bits per heavy atom. The first-order valence-corrected chi connectivity index (χ1v) is 13.8. The van der Waals surface area contributed by atoms with Crippen LogP contribution < -0.4 is 16.0 Å². The minimum atomic E-state index is -2.77. The van der Waals surface area contributed by atoms with Gasteiger partial charge in [-0.15, -0.1) is 0 Å². The Labute approximate surface area is 252 Å². The molecule has 0 aromatic heterocycles. The lowest BCUT2D eigenvalue weighted by atomic mass is 9.57. The quantitative estimate of drug-likeness (QED) is 0.185. The number of nitrogens with zero attached hydrogens (tertiary/aromatic N) is 3. The van der Waals surface area contributed by atoms with E-state index in [1.54, 1.807) is 38.0 Å². The lowest BCUT2D eigenvalue weighted by Gasteiger charge is -2.50. The molecule has 3 aliphatic rings. The maximum Gasteiger partial charge on any atom is 0.411 e.